The minimum atomic E-state index is -3.62. The van der Waals surface area contributed by atoms with Crippen molar-refractivity contribution in [3.05, 3.63) is 78.6 Å². The van der Waals surface area contributed by atoms with E-state index in [9.17, 15) is 13.5 Å². The minimum absolute atomic E-state index is 0.234. The molecule has 37 heavy (non-hydrogen) atoms. The number of ether oxygens (including phenoxy) is 2. The van der Waals surface area contributed by atoms with Crippen LogP contribution in [0.5, 0.6) is 5.75 Å². The van der Waals surface area contributed by atoms with E-state index >= 15 is 0 Å². The number of hydrogen-bond acceptors (Lipinski definition) is 7. The van der Waals surface area contributed by atoms with Crippen LogP contribution in [0.2, 0.25) is 0 Å². The Bertz CT molecular complexity index is 1220. The molecule has 2 atom stereocenters. The molecule has 2 heterocycles. The largest absolute Gasteiger partial charge is 0.488 e. The molecule has 1 fully saturated rings. The third kappa shape index (κ3) is 8.08. The molecular weight excluding hydrogens is 490 g/mol. The van der Waals surface area contributed by atoms with E-state index in [2.05, 4.69) is 14.6 Å². The highest BCUT2D eigenvalue weighted by Gasteiger charge is 2.18. The zero-order chi connectivity index (χ0) is 26.1. The van der Waals surface area contributed by atoms with E-state index in [1.165, 1.54) is 0 Å². The Kier molecular flexibility index (Phi) is 9.65. The van der Waals surface area contributed by atoms with E-state index in [0.29, 0.717) is 38.5 Å². The summed E-state index contributed by atoms with van der Waals surface area (Å²) >= 11 is 0. The molecule has 8 nitrogen and oxygen atoms in total. The molecule has 1 aliphatic heterocycles. The van der Waals surface area contributed by atoms with E-state index in [1.54, 1.807) is 30.6 Å². The molecule has 0 amide bonds. The first-order valence-electron chi connectivity index (χ1n) is 12.6. The zero-order valence-corrected chi connectivity index (χ0v) is 21.9. The highest BCUT2D eigenvalue weighted by molar-refractivity contribution is 7.89. The molecule has 1 saturated heterocycles. The first-order chi connectivity index (χ1) is 17.9. The fourth-order valence-electron chi connectivity index (χ4n) is 4.20. The standard InChI is InChI=1S/C28H35N3O5S/c1-22(28(32)12-7-23-4-3-13-29-21-23)36-26-10-8-24(9-11-26)25-5-2-6-27(20-25)37(33,34)30-14-15-31-16-18-35-19-17-31/h2-6,8-11,13,20-22,28,30,32H,7,12,14-19H2,1H3/t22-,28+/m0/s1. The van der Waals surface area contributed by atoms with Crippen molar-refractivity contribution in [2.75, 3.05) is 39.4 Å². The fraction of sp³-hybridized carbons (Fsp3) is 0.393. The van der Waals surface area contributed by atoms with Crippen LogP contribution in [0, 0.1) is 0 Å². The predicted octanol–water partition coefficient (Wildman–Crippen LogP) is 3.12. The van der Waals surface area contributed by atoms with Crippen LogP contribution in [0.1, 0.15) is 18.9 Å². The SMILES string of the molecule is C[C@H](Oc1ccc(-c2cccc(S(=O)(=O)NCCN3CCOCC3)c2)cc1)[C@H](O)CCc1cccnc1. The Balaban J connectivity index is 1.31. The summed E-state index contributed by atoms with van der Waals surface area (Å²) in [5, 5.41) is 10.5. The summed E-state index contributed by atoms with van der Waals surface area (Å²) in [6.07, 6.45) is 3.85. The van der Waals surface area contributed by atoms with Crippen LogP contribution in [0.25, 0.3) is 11.1 Å². The van der Waals surface area contributed by atoms with E-state index in [4.69, 9.17) is 9.47 Å². The average Bonchev–Trinajstić information content (AvgIpc) is 2.93. The van der Waals surface area contributed by atoms with Gasteiger partial charge in [-0.1, -0.05) is 30.3 Å². The first kappa shape index (κ1) is 27.2. The first-order valence-corrected chi connectivity index (χ1v) is 14.1. The second-order valence-electron chi connectivity index (χ2n) is 9.19. The van der Waals surface area contributed by atoms with Gasteiger partial charge in [-0.05, 0) is 66.8 Å². The second kappa shape index (κ2) is 13.1. The number of benzene rings is 2. The topological polar surface area (TPSA) is 101 Å². The van der Waals surface area contributed by atoms with Gasteiger partial charge in [0.25, 0.3) is 0 Å². The van der Waals surface area contributed by atoms with Crippen molar-refractivity contribution in [1.29, 1.82) is 0 Å². The summed E-state index contributed by atoms with van der Waals surface area (Å²) in [4.78, 5) is 6.52. The number of nitrogens with one attached hydrogen (secondary N) is 1. The Labute approximate surface area is 219 Å². The molecule has 0 radical (unpaired) electrons. The van der Waals surface area contributed by atoms with Gasteiger partial charge in [-0.25, -0.2) is 13.1 Å². The summed E-state index contributed by atoms with van der Waals surface area (Å²) in [6.45, 7) is 5.86. The van der Waals surface area contributed by atoms with Crippen molar-refractivity contribution in [3.8, 4) is 16.9 Å². The molecule has 1 aromatic heterocycles. The number of aryl methyl sites for hydroxylation is 1. The average molecular weight is 526 g/mol. The molecule has 0 unspecified atom stereocenters. The molecular formula is C28H35N3O5S. The van der Waals surface area contributed by atoms with E-state index < -0.39 is 16.1 Å². The lowest BCUT2D eigenvalue weighted by atomic mass is 10.0. The van der Waals surface area contributed by atoms with Crippen molar-refractivity contribution in [3.63, 3.8) is 0 Å². The van der Waals surface area contributed by atoms with Gasteiger partial charge in [0.1, 0.15) is 11.9 Å². The van der Waals surface area contributed by atoms with Gasteiger partial charge in [-0.3, -0.25) is 9.88 Å². The number of nitrogens with zero attached hydrogens (tertiary/aromatic N) is 2. The van der Waals surface area contributed by atoms with Gasteiger partial charge in [0.2, 0.25) is 10.0 Å². The Morgan fingerprint density at radius 3 is 2.59 bits per heavy atom. The summed E-state index contributed by atoms with van der Waals surface area (Å²) in [5.41, 5.74) is 2.75. The molecule has 4 rings (SSSR count). The smallest absolute Gasteiger partial charge is 0.240 e. The third-order valence-corrected chi connectivity index (χ3v) is 7.93. The van der Waals surface area contributed by atoms with E-state index in [-0.39, 0.29) is 11.0 Å². The van der Waals surface area contributed by atoms with Crippen molar-refractivity contribution >= 4 is 10.0 Å². The Morgan fingerprint density at radius 1 is 1.08 bits per heavy atom. The molecule has 1 aliphatic rings. The Hall–Kier alpha value is -2.82. The molecule has 0 bridgehead atoms. The molecule has 0 aliphatic carbocycles. The number of aliphatic hydroxyl groups is 1. The number of aliphatic hydroxyl groups excluding tert-OH is 1. The number of morpholine rings is 1. The number of hydrogen-bond donors (Lipinski definition) is 2. The monoisotopic (exact) mass is 525 g/mol. The van der Waals surface area contributed by atoms with Gasteiger partial charge in [0, 0.05) is 38.6 Å². The molecule has 0 saturated carbocycles. The lowest BCUT2D eigenvalue weighted by Crippen LogP contribution is -2.41. The minimum Gasteiger partial charge on any atom is -0.488 e. The highest BCUT2D eigenvalue weighted by atomic mass is 32.2. The maximum absolute atomic E-state index is 12.8. The van der Waals surface area contributed by atoms with Gasteiger partial charge in [-0.2, -0.15) is 0 Å². The second-order valence-corrected chi connectivity index (χ2v) is 11.0. The van der Waals surface area contributed by atoms with Crippen LogP contribution in [0.15, 0.2) is 78.0 Å². The molecule has 2 N–H and O–H groups in total. The molecule has 0 spiro atoms. The van der Waals surface area contributed by atoms with Crippen molar-refractivity contribution in [1.82, 2.24) is 14.6 Å². The highest BCUT2D eigenvalue weighted by Crippen LogP contribution is 2.25. The summed E-state index contributed by atoms with van der Waals surface area (Å²) in [5.74, 6) is 0.644. The van der Waals surface area contributed by atoms with E-state index in [1.807, 2.05) is 49.4 Å². The van der Waals surface area contributed by atoms with Crippen molar-refractivity contribution < 1.29 is 23.0 Å². The maximum atomic E-state index is 12.8. The molecule has 2 aromatic carbocycles. The fourth-order valence-corrected chi connectivity index (χ4v) is 5.27. The van der Waals surface area contributed by atoms with Crippen LogP contribution >= 0.6 is 0 Å². The molecule has 3 aromatic rings. The lowest BCUT2D eigenvalue weighted by molar-refractivity contribution is 0.0390. The third-order valence-electron chi connectivity index (χ3n) is 6.47. The molecule has 198 valence electrons. The normalized spacial score (nSPS) is 16.3. The van der Waals surface area contributed by atoms with Gasteiger partial charge < -0.3 is 14.6 Å². The number of rotatable bonds is 12. The van der Waals surface area contributed by atoms with E-state index in [0.717, 1.165) is 36.2 Å². The lowest BCUT2D eigenvalue weighted by Gasteiger charge is -2.26. The number of sulfonamides is 1. The van der Waals surface area contributed by atoms with Gasteiger partial charge in [-0.15, -0.1) is 0 Å². The van der Waals surface area contributed by atoms with Crippen LogP contribution in [-0.4, -0.2) is 75.0 Å². The van der Waals surface area contributed by atoms with Crippen LogP contribution < -0.4 is 9.46 Å². The van der Waals surface area contributed by atoms with Crippen molar-refractivity contribution in [2.45, 2.75) is 36.9 Å². The number of aromatic nitrogens is 1. The summed E-state index contributed by atoms with van der Waals surface area (Å²) in [6, 6.07) is 18.2. The van der Waals surface area contributed by atoms with Gasteiger partial charge in [0.05, 0.1) is 24.2 Å². The van der Waals surface area contributed by atoms with Gasteiger partial charge >= 0.3 is 0 Å². The van der Waals surface area contributed by atoms with Gasteiger partial charge in [0.15, 0.2) is 0 Å². The van der Waals surface area contributed by atoms with Crippen LogP contribution in [-0.2, 0) is 21.2 Å². The van der Waals surface area contributed by atoms with Crippen molar-refractivity contribution in [2.24, 2.45) is 0 Å². The maximum Gasteiger partial charge on any atom is 0.240 e. The molecule has 9 heteroatoms. The summed E-state index contributed by atoms with van der Waals surface area (Å²) < 4.78 is 39.7. The predicted molar refractivity (Wildman–Crippen MR) is 143 cm³/mol. The Morgan fingerprint density at radius 2 is 1.86 bits per heavy atom. The van der Waals surface area contributed by atoms with Crippen LogP contribution in [0.3, 0.4) is 0 Å². The number of pyridine rings is 1. The van der Waals surface area contributed by atoms with Crippen LogP contribution in [0.4, 0.5) is 0 Å². The quantitative estimate of drug-likeness (QED) is 0.375. The summed E-state index contributed by atoms with van der Waals surface area (Å²) in [7, 11) is -3.62. The zero-order valence-electron chi connectivity index (χ0n) is 21.1.